The number of likely N-dealkylation sites (tertiary alicyclic amines) is 1. The van der Waals surface area contributed by atoms with Crippen molar-refractivity contribution < 1.29 is 0 Å². The van der Waals surface area contributed by atoms with Crippen molar-refractivity contribution in [2.45, 2.75) is 65.3 Å². The van der Waals surface area contributed by atoms with Crippen molar-refractivity contribution in [1.29, 1.82) is 0 Å². The fourth-order valence-electron chi connectivity index (χ4n) is 4.63. The lowest BCUT2D eigenvalue weighted by Gasteiger charge is -2.47. The zero-order valence-electron chi connectivity index (χ0n) is 13.5. The summed E-state index contributed by atoms with van der Waals surface area (Å²) in [5, 5.41) is 3.49. The van der Waals surface area contributed by atoms with E-state index in [0.29, 0.717) is 5.41 Å². The van der Waals surface area contributed by atoms with E-state index in [1.807, 2.05) is 0 Å². The van der Waals surface area contributed by atoms with Gasteiger partial charge in [0.15, 0.2) is 0 Å². The van der Waals surface area contributed by atoms with Crippen molar-refractivity contribution in [2.75, 3.05) is 26.7 Å². The predicted octanol–water partition coefficient (Wildman–Crippen LogP) is 3.52. The molecule has 2 rings (SSSR count). The van der Waals surface area contributed by atoms with E-state index in [9.17, 15) is 0 Å². The molecule has 1 aliphatic carbocycles. The van der Waals surface area contributed by atoms with Gasteiger partial charge in [-0.2, -0.15) is 0 Å². The molecule has 2 heteroatoms. The van der Waals surface area contributed by atoms with E-state index in [1.165, 1.54) is 58.2 Å². The Labute approximate surface area is 120 Å². The van der Waals surface area contributed by atoms with E-state index in [2.05, 4.69) is 38.0 Å². The highest BCUT2D eigenvalue weighted by atomic mass is 15.2. The van der Waals surface area contributed by atoms with Crippen LogP contribution in [0.2, 0.25) is 0 Å². The smallest absolute Gasteiger partial charge is 0.00697 e. The molecule has 1 saturated heterocycles. The van der Waals surface area contributed by atoms with Crippen LogP contribution in [0.25, 0.3) is 0 Å². The van der Waals surface area contributed by atoms with Crippen LogP contribution in [0.1, 0.15) is 59.3 Å². The number of piperidine rings is 1. The summed E-state index contributed by atoms with van der Waals surface area (Å²) in [6.45, 7) is 11.2. The van der Waals surface area contributed by atoms with E-state index in [0.717, 1.165) is 17.9 Å². The van der Waals surface area contributed by atoms with Gasteiger partial charge in [-0.15, -0.1) is 0 Å². The Morgan fingerprint density at radius 1 is 1.16 bits per heavy atom. The van der Waals surface area contributed by atoms with Crippen molar-refractivity contribution in [3.63, 3.8) is 0 Å². The Hall–Kier alpha value is -0.0800. The Morgan fingerprint density at radius 3 is 2.58 bits per heavy atom. The van der Waals surface area contributed by atoms with Crippen molar-refractivity contribution in [2.24, 2.45) is 17.3 Å². The van der Waals surface area contributed by atoms with Crippen LogP contribution < -0.4 is 5.32 Å². The minimum Gasteiger partial charge on any atom is -0.319 e. The molecule has 0 spiro atoms. The second kappa shape index (κ2) is 6.58. The molecular formula is C17H34N2. The summed E-state index contributed by atoms with van der Waals surface area (Å²) >= 11 is 0. The van der Waals surface area contributed by atoms with Crippen molar-refractivity contribution >= 4 is 0 Å². The molecule has 4 unspecified atom stereocenters. The van der Waals surface area contributed by atoms with Gasteiger partial charge in [-0.05, 0) is 63.5 Å². The van der Waals surface area contributed by atoms with Gasteiger partial charge < -0.3 is 10.2 Å². The highest BCUT2D eigenvalue weighted by Crippen LogP contribution is 2.40. The summed E-state index contributed by atoms with van der Waals surface area (Å²) in [7, 11) is 2.13. The highest BCUT2D eigenvalue weighted by Gasteiger charge is 2.37. The molecule has 112 valence electrons. The van der Waals surface area contributed by atoms with Gasteiger partial charge in [-0.1, -0.05) is 26.7 Å². The number of hydrogen-bond acceptors (Lipinski definition) is 2. The molecule has 1 N–H and O–H groups in total. The molecule has 4 atom stereocenters. The van der Waals surface area contributed by atoms with Crippen molar-refractivity contribution in [1.82, 2.24) is 10.2 Å². The first kappa shape index (κ1) is 15.3. The van der Waals surface area contributed by atoms with E-state index < -0.39 is 0 Å². The number of nitrogens with zero attached hydrogens (tertiary/aromatic N) is 1. The van der Waals surface area contributed by atoms with Gasteiger partial charge in [0.25, 0.3) is 0 Å². The van der Waals surface area contributed by atoms with Crippen molar-refractivity contribution in [3.05, 3.63) is 0 Å². The molecule has 1 aliphatic heterocycles. The number of hydrogen-bond donors (Lipinski definition) is 1. The lowest BCUT2D eigenvalue weighted by Crippen LogP contribution is -2.50. The van der Waals surface area contributed by atoms with Gasteiger partial charge in [-0.25, -0.2) is 0 Å². The summed E-state index contributed by atoms with van der Waals surface area (Å²) < 4.78 is 0. The lowest BCUT2D eigenvalue weighted by molar-refractivity contribution is 0.0372. The van der Waals surface area contributed by atoms with Crippen LogP contribution in [0.4, 0.5) is 0 Å². The fourth-order valence-corrected chi connectivity index (χ4v) is 4.63. The first-order valence-electron chi connectivity index (χ1n) is 8.43. The van der Waals surface area contributed by atoms with Gasteiger partial charge >= 0.3 is 0 Å². The van der Waals surface area contributed by atoms with Gasteiger partial charge in [0, 0.05) is 19.1 Å². The molecule has 0 aromatic carbocycles. The predicted molar refractivity (Wildman–Crippen MR) is 83.4 cm³/mol. The summed E-state index contributed by atoms with van der Waals surface area (Å²) in [6.07, 6.45) is 8.52. The number of rotatable bonds is 4. The molecular weight excluding hydrogens is 232 g/mol. The minimum atomic E-state index is 0.543. The van der Waals surface area contributed by atoms with Crippen LogP contribution >= 0.6 is 0 Å². The first-order chi connectivity index (χ1) is 9.04. The average Bonchev–Trinajstić information content (AvgIpc) is 2.33. The molecule has 0 amide bonds. The van der Waals surface area contributed by atoms with Crippen LogP contribution in [0.3, 0.4) is 0 Å². The Bertz CT molecular complexity index is 274. The van der Waals surface area contributed by atoms with E-state index in [4.69, 9.17) is 0 Å². The summed E-state index contributed by atoms with van der Waals surface area (Å²) in [4.78, 5) is 2.79. The Morgan fingerprint density at radius 2 is 1.95 bits per heavy atom. The van der Waals surface area contributed by atoms with E-state index in [1.54, 1.807) is 0 Å². The molecule has 0 aromatic rings. The molecule has 2 nitrogen and oxygen atoms in total. The third kappa shape index (κ3) is 3.95. The monoisotopic (exact) mass is 266 g/mol. The van der Waals surface area contributed by atoms with Crippen LogP contribution in [0.15, 0.2) is 0 Å². The maximum atomic E-state index is 3.49. The molecule has 0 radical (unpaired) electrons. The average molecular weight is 266 g/mol. The topological polar surface area (TPSA) is 15.3 Å². The second-order valence-corrected chi connectivity index (χ2v) is 7.68. The van der Waals surface area contributed by atoms with Gasteiger partial charge in [0.2, 0.25) is 0 Å². The van der Waals surface area contributed by atoms with E-state index >= 15 is 0 Å². The normalized spacial score (nSPS) is 41.4. The molecule has 2 aliphatic rings. The molecule has 1 heterocycles. The standard InChI is InChI=1S/C17H34N2/c1-14-7-9-19(16(3)10-14)13-17(12-18-4)8-5-6-15(2)11-17/h14-16,18H,5-13H2,1-4H3. The molecule has 0 aromatic heterocycles. The second-order valence-electron chi connectivity index (χ2n) is 7.68. The first-order valence-corrected chi connectivity index (χ1v) is 8.43. The zero-order valence-corrected chi connectivity index (χ0v) is 13.5. The van der Waals surface area contributed by atoms with Crippen LogP contribution in [0.5, 0.6) is 0 Å². The third-order valence-electron chi connectivity index (χ3n) is 5.55. The lowest BCUT2D eigenvalue weighted by atomic mass is 9.69. The van der Waals surface area contributed by atoms with Gasteiger partial charge in [-0.3, -0.25) is 0 Å². The van der Waals surface area contributed by atoms with Crippen LogP contribution in [0, 0.1) is 17.3 Å². The maximum absolute atomic E-state index is 3.49. The molecule has 0 bridgehead atoms. The van der Waals surface area contributed by atoms with Gasteiger partial charge in [0.05, 0.1) is 0 Å². The van der Waals surface area contributed by atoms with Crippen LogP contribution in [-0.2, 0) is 0 Å². The van der Waals surface area contributed by atoms with E-state index in [-0.39, 0.29) is 0 Å². The summed E-state index contributed by atoms with van der Waals surface area (Å²) in [5.74, 6) is 1.85. The quantitative estimate of drug-likeness (QED) is 0.837. The highest BCUT2D eigenvalue weighted by molar-refractivity contribution is 4.91. The molecule has 19 heavy (non-hydrogen) atoms. The summed E-state index contributed by atoms with van der Waals surface area (Å²) in [6, 6.07) is 0.787. The maximum Gasteiger partial charge on any atom is 0.00697 e. The van der Waals surface area contributed by atoms with Crippen LogP contribution in [-0.4, -0.2) is 37.6 Å². The molecule has 2 fully saturated rings. The molecule has 1 saturated carbocycles. The Kier molecular flexibility index (Phi) is 5.30. The zero-order chi connectivity index (χ0) is 13.9. The SMILES string of the molecule is CNCC1(CN2CCC(C)CC2C)CCCC(C)C1. The number of nitrogens with one attached hydrogen (secondary N) is 1. The third-order valence-corrected chi connectivity index (χ3v) is 5.55. The summed E-state index contributed by atoms with van der Waals surface area (Å²) in [5.41, 5.74) is 0.543. The van der Waals surface area contributed by atoms with Crippen molar-refractivity contribution in [3.8, 4) is 0 Å². The largest absolute Gasteiger partial charge is 0.319 e. The Balaban J connectivity index is 1.99. The fraction of sp³-hybridized carbons (Fsp3) is 1.00. The minimum absolute atomic E-state index is 0.543. The van der Waals surface area contributed by atoms with Gasteiger partial charge in [0.1, 0.15) is 0 Å².